The molecule has 2 rings (SSSR count). The molecule has 0 amide bonds. The third kappa shape index (κ3) is 4.05. The zero-order chi connectivity index (χ0) is 17.0. The van der Waals surface area contributed by atoms with E-state index >= 15 is 0 Å². The molecule has 0 aliphatic carbocycles. The Morgan fingerprint density at radius 2 is 1.74 bits per heavy atom. The summed E-state index contributed by atoms with van der Waals surface area (Å²) in [6, 6.07) is 12.2. The Morgan fingerprint density at radius 3 is 2.39 bits per heavy atom. The molecular formula is C19H24ClN3. The van der Waals surface area contributed by atoms with E-state index in [0.717, 1.165) is 34.2 Å². The van der Waals surface area contributed by atoms with Crippen molar-refractivity contribution < 1.29 is 0 Å². The molecule has 0 spiro atoms. The van der Waals surface area contributed by atoms with Gasteiger partial charge >= 0.3 is 0 Å². The molecule has 0 fully saturated rings. The van der Waals surface area contributed by atoms with Crippen LogP contribution in [0.4, 0.5) is 17.1 Å². The number of rotatable bonds is 5. The van der Waals surface area contributed by atoms with E-state index < -0.39 is 0 Å². The second-order valence-corrected chi connectivity index (χ2v) is 6.16. The highest BCUT2D eigenvalue weighted by molar-refractivity contribution is 6.33. The van der Waals surface area contributed by atoms with E-state index in [1.807, 2.05) is 44.7 Å². The van der Waals surface area contributed by atoms with Gasteiger partial charge in [0.2, 0.25) is 0 Å². The molecule has 2 aromatic carbocycles. The Morgan fingerprint density at radius 1 is 1.04 bits per heavy atom. The normalized spacial score (nSPS) is 11.0. The fourth-order valence-corrected chi connectivity index (χ4v) is 2.64. The number of hydrogen-bond acceptors (Lipinski definition) is 2. The number of aryl methyl sites for hydroxylation is 2. The smallest absolute Gasteiger partial charge is 0.0909 e. The molecule has 0 aliphatic heterocycles. The third-order valence-corrected chi connectivity index (χ3v) is 4.30. The van der Waals surface area contributed by atoms with Gasteiger partial charge in [0.1, 0.15) is 0 Å². The van der Waals surface area contributed by atoms with E-state index in [9.17, 15) is 0 Å². The number of aliphatic imine (C=N–C) groups is 1. The minimum absolute atomic E-state index is 0.749. The lowest BCUT2D eigenvalue weighted by Crippen LogP contribution is -2.14. The number of para-hydroxylation sites is 1. The highest BCUT2D eigenvalue weighted by atomic mass is 35.5. The number of halogens is 1. The van der Waals surface area contributed by atoms with Crippen LogP contribution in [0.25, 0.3) is 0 Å². The molecule has 0 radical (unpaired) electrons. The number of anilines is 2. The van der Waals surface area contributed by atoms with E-state index in [4.69, 9.17) is 11.6 Å². The quantitative estimate of drug-likeness (QED) is 0.545. The first kappa shape index (κ1) is 17.4. The maximum atomic E-state index is 6.32. The molecule has 4 heteroatoms. The minimum Gasteiger partial charge on any atom is -0.366 e. The predicted molar refractivity (Wildman–Crippen MR) is 102 cm³/mol. The van der Waals surface area contributed by atoms with Crippen LogP contribution in [0.5, 0.6) is 0 Å². The van der Waals surface area contributed by atoms with Crippen LogP contribution in [0.3, 0.4) is 0 Å². The maximum Gasteiger partial charge on any atom is 0.0909 e. The standard InChI is InChI=1S/C19H24ClN3/c1-6-22(4)13-21-17-11-15(3)19(12-14(17)2)23(5)18-10-8-7-9-16(18)20/h7-13H,6H2,1-5H3. The maximum absolute atomic E-state index is 6.32. The molecule has 23 heavy (non-hydrogen) atoms. The van der Waals surface area contributed by atoms with Gasteiger partial charge in [0, 0.05) is 26.3 Å². The first-order valence-corrected chi connectivity index (χ1v) is 8.15. The third-order valence-electron chi connectivity index (χ3n) is 3.98. The van der Waals surface area contributed by atoms with Gasteiger partial charge in [-0.25, -0.2) is 4.99 Å². The predicted octanol–water partition coefficient (Wildman–Crippen LogP) is 5.34. The Bertz CT molecular complexity index is 710. The topological polar surface area (TPSA) is 18.8 Å². The summed E-state index contributed by atoms with van der Waals surface area (Å²) in [6.07, 6.45) is 1.87. The molecule has 0 bridgehead atoms. The van der Waals surface area contributed by atoms with Crippen LogP contribution >= 0.6 is 11.6 Å². The van der Waals surface area contributed by atoms with Gasteiger partial charge in [0.05, 0.1) is 22.7 Å². The van der Waals surface area contributed by atoms with Gasteiger partial charge < -0.3 is 9.80 Å². The van der Waals surface area contributed by atoms with Crippen LogP contribution in [0.1, 0.15) is 18.1 Å². The average Bonchev–Trinajstić information content (AvgIpc) is 2.54. The summed E-state index contributed by atoms with van der Waals surface area (Å²) in [4.78, 5) is 8.76. The molecule has 0 heterocycles. The SMILES string of the molecule is CCN(C)C=Nc1cc(C)c(N(C)c2ccccc2Cl)cc1C. The van der Waals surface area contributed by atoms with Gasteiger partial charge in [-0.05, 0) is 56.2 Å². The lowest BCUT2D eigenvalue weighted by atomic mass is 10.1. The van der Waals surface area contributed by atoms with Crippen LogP contribution in [-0.2, 0) is 0 Å². The van der Waals surface area contributed by atoms with Crippen molar-refractivity contribution in [2.45, 2.75) is 20.8 Å². The van der Waals surface area contributed by atoms with Crippen molar-refractivity contribution in [1.29, 1.82) is 0 Å². The van der Waals surface area contributed by atoms with Crippen molar-refractivity contribution >= 4 is 35.0 Å². The second kappa shape index (κ2) is 7.51. The van der Waals surface area contributed by atoms with Crippen LogP contribution < -0.4 is 4.90 Å². The summed E-state index contributed by atoms with van der Waals surface area (Å²) in [5, 5.41) is 0.749. The molecule has 0 unspecified atom stereocenters. The summed E-state index contributed by atoms with van der Waals surface area (Å²) in [5.41, 5.74) is 5.45. The number of benzene rings is 2. The van der Waals surface area contributed by atoms with Crippen molar-refractivity contribution in [1.82, 2.24) is 4.90 Å². The highest BCUT2D eigenvalue weighted by Gasteiger charge is 2.12. The summed E-state index contributed by atoms with van der Waals surface area (Å²) >= 11 is 6.32. The Labute approximate surface area is 144 Å². The van der Waals surface area contributed by atoms with Gasteiger partial charge in [0.15, 0.2) is 0 Å². The summed E-state index contributed by atoms with van der Waals surface area (Å²) in [5.74, 6) is 0. The van der Waals surface area contributed by atoms with Crippen molar-refractivity contribution in [3.05, 3.63) is 52.5 Å². The first-order valence-electron chi connectivity index (χ1n) is 7.78. The van der Waals surface area contributed by atoms with Gasteiger partial charge in [-0.2, -0.15) is 0 Å². The van der Waals surface area contributed by atoms with Gasteiger partial charge in [-0.1, -0.05) is 23.7 Å². The number of hydrogen-bond donors (Lipinski definition) is 0. The van der Waals surface area contributed by atoms with E-state index in [1.54, 1.807) is 0 Å². The molecule has 2 aromatic rings. The monoisotopic (exact) mass is 329 g/mol. The molecule has 122 valence electrons. The van der Waals surface area contributed by atoms with Gasteiger partial charge in [-0.15, -0.1) is 0 Å². The van der Waals surface area contributed by atoms with Crippen LogP contribution in [0.15, 0.2) is 41.4 Å². The van der Waals surface area contributed by atoms with Gasteiger partial charge in [-0.3, -0.25) is 0 Å². The van der Waals surface area contributed by atoms with Crippen LogP contribution in [-0.4, -0.2) is 31.9 Å². The van der Waals surface area contributed by atoms with Crippen LogP contribution in [0, 0.1) is 13.8 Å². The number of nitrogens with zero attached hydrogens (tertiary/aromatic N) is 3. The first-order chi connectivity index (χ1) is 10.9. The van der Waals surface area contributed by atoms with Crippen molar-refractivity contribution in [3.63, 3.8) is 0 Å². The fraction of sp³-hybridized carbons (Fsp3) is 0.316. The molecule has 0 atom stereocenters. The summed E-state index contributed by atoms with van der Waals surface area (Å²) in [7, 11) is 4.06. The van der Waals surface area contributed by atoms with Crippen LogP contribution in [0.2, 0.25) is 5.02 Å². The summed E-state index contributed by atoms with van der Waals surface area (Å²) in [6.45, 7) is 7.23. The van der Waals surface area contributed by atoms with E-state index in [0.29, 0.717) is 0 Å². The molecule has 0 aromatic heterocycles. The van der Waals surface area contributed by atoms with Crippen molar-refractivity contribution in [3.8, 4) is 0 Å². The second-order valence-electron chi connectivity index (χ2n) is 5.75. The summed E-state index contributed by atoms with van der Waals surface area (Å²) < 4.78 is 0. The average molecular weight is 330 g/mol. The molecule has 3 nitrogen and oxygen atoms in total. The molecule has 0 aliphatic rings. The van der Waals surface area contributed by atoms with E-state index in [-0.39, 0.29) is 0 Å². The highest BCUT2D eigenvalue weighted by Crippen LogP contribution is 2.35. The zero-order valence-electron chi connectivity index (χ0n) is 14.5. The van der Waals surface area contributed by atoms with Crippen molar-refractivity contribution in [2.75, 3.05) is 25.5 Å². The largest absolute Gasteiger partial charge is 0.366 e. The Hall–Kier alpha value is -2.00. The van der Waals surface area contributed by atoms with E-state index in [2.05, 4.69) is 47.7 Å². The lowest BCUT2D eigenvalue weighted by molar-refractivity contribution is 0.552. The molecular weight excluding hydrogens is 306 g/mol. The van der Waals surface area contributed by atoms with E-state index in [1.165, 1.54) is 5.56 Å². The zero-order valence-corrected chi connectivity index (χ0v) is 15.2. The Kier molecular flexibility index (Phi) is 5.67. The molecule has 0 saturated carbocycles. The van der Waals surface area contributed by atoms with Gasteiger partial charge in [0.25, 0.3) is 0 Å². The fourth-order valence-electron chi connectivity index (χ4n) is 2.38. The Balaban J connectivity index is 2.37. The van der Waals surface area contributed by atoms with Crippen molar-refractivity contribution in [2.24, 2.45) is 4.99 Å². The minimum atomic E-state index is 0.749. The lowest BCUT2D eigenvalue weighted by Gasteiger charge is -2.23. The molecule has 0 N–H and O–H groups in total. The molecule has 0 saturated heterocycles.